The molecule has 0 spiro atoms. The number of hydrogen-bond donors (Lipinski definition) is 1. The number of nitrogens with zero attached hydrogens (tertiary/aromatic N) is 2. The quantitative estimate of drug-likeness (QED) is 0.786. The lowest BCUT2D eigenvalue weighted by Crippen LogP contribution is -2.34. The fraction of sp³-hybridized carbons (Fsp3) is 0.294. The highest BCUT2D eigenvalue weighted by Gasteiger charge is 2.17. The van der Waals surface area contributed by atoms with Crippen LogP contribution in [0.25, 0.3) is 22.6 Å². The molecule has 1 aromatic carbocycles. The number of benzene rings is 1. The van der Waals surface area contributed by atoms with E-state index in [2.05, 4.69) is 10.3 Å². The summed E-state index contributed by atoms with van der Waals surface area (Å²) in [6, 6.07) is 11.6. The summed E-state index contributed by atoms with van der Waals surface area (Å²) in [5.74, 6) is 1.31. The summed E-state index contributed by atoms with van der Waals surface area (Å²) < 4.78 is 7.35. The molecule has 3 aromatic rings. The van der Waals surface area contributed by atoms with E-state index in [0.29, 0.717) is 11.6 Å². The third-order valence-electron chi connectivity index (χ3n) is 3.72. The fourth-order valence-corrected chi connectivity index (χ4v) is 2.40. The van der Waals surface area contributed by atoms with Crippen LogP contribution in [-0.4, -0.2) is 21.5 Å². The van der Waals surface area contributed by atoms with Crippen molar-refractivity contribution in [3.63, 3.8) is 0 Å². The van der Waals surface area contributed by atoms with Crippen LogP contribution in [0.1, 0.15) is 20.3 Å². The number of carbonyl (C=O) groups is 1. The topological polar surface area (TPSA) is 60.1 Å². The maximum absolute atomic E-state index is 12.3. The second kappa shape index (κ2) is 6.05. The Morgan fingerprint density at radius 3 is 2.86 bits per heavy atom. The van der Waals surface area contributed by atoms with E-state index in [0.717, 1.165) is 17.5 Å². The number of imidazole rings is 1. The van der Waals surface area contributed by atoms with Crippen LogP contribution in [0.2, 0.25) is 0 Å². The Balaban J connectivity index is 1.99. The number of para-hydroxylation sites is 2. The van der Waals surface area contributed by atoms with Crippen LogP contribution >= 0.6 is 0 Å². The molecule has 1 atom stereocenters. The molecular weight excluding hydrogens is 278 g/mol. The third kappa shape index (κ3) is 2.74. The van der Waals surface area contributed by atoms with Crippen LogP contribution < -0.4 is 5.32 Å². The zero-order valence-corrected chi connectivity index (χ0v) is 12.7. The number of furan rings is 1. The Morgan fingerprint density at radius 1 is 1.32 bits per heavy atom. The van der Waals surface area contributed by atoms with Gasteiger partial charge in [-0.15, -0.1) is 0 Å². The smallest absolute Gasteiger partial charge is 0.240 e. The van der Waals surface area contributed by atoms with E-state index < -0.39 is 0 Å². The summed E-state index contributed by atoms with van der Waals surface area (Å²) in [4.78, 5) is 16.9. The lowest BCUT2D eigenvalue weighted by atomic mass is 10.2. The summed E-state index contributed by atoms with van der Waals surface area (Å²) in [6.45, 7) is 4.27. The molecule has 0 aliphatic carbocycles. The Kier molecular flexibility index (Phi) is 3.96. The Hall–Kier alpha value is -2.56. The predicted octanol–water partition coefficient (Wildman–Crippen LogP) is 3.21. The molecule has 0 saturated carbocycles. The maximum atomic E-state index is 12.3. The number of carbonyl (C=O) groups excluding carboxylic acids is 1. The molecular formula is C17H19N3O2. The van der Waals surface area contributed by atoms with Gasteiger partial charge in [-0.1, -0.05) is 19.1 Å². The first-order valence-electron chi connectivity index (χ1n) is 7.47. The van der Waals surface area contributed by atoms with Crippen molar-refractivity contribution in [2.45, 2.75) is 32.9 Å². The van der Waals surface area contributed by atoms with Gasteiger partial charge in [-0.2, -0.15) is 0 Å². The van der Waals surface area contributed by atoms with Gasteiger partial charge in [-0.25, -0.2) is 4.98 Å². The summed E-state index contributed by atoms with van der Waals surface area (Å²) >= 11 is 0. The molecule has 5 nitrogen and oxygen atoms in total. The second-order valence-corrected chi connectivity index (χ2v) is 5.36. The van der Waals surface area contributed by atoms with Crippen molar-refractivity contribution in [2.24, 2.45) is 0 Å². The van der Waals surface area contributed by atoms with E-state index in [1.807, 2.05) is 54.8 Å². The molecule has 0 aliphatic heterocycles. The average molecular weight is 297 g/mol. The van der Waals surface area contributed by atoms with E-state index in [1.54, 1.807) is 6.26 Å². The molecule has 2 aromatic heterocycles. The minimum absolute atomic E-state index is 0.0229. The van der Waals surface area contributed by atoms with Crippen molar-refractivity contribution in [3.05, 3.63) is 42.7 Å². The zero-order valence-electron chi connectivity index (χ0n) is 12.7. The third-order valence-corrected chi connectivity index (χ3v) is 3.72. The molecule has 5 heteroatoms. The summed E-state index contributed by atoms with van der Waals surface area (Å²) in [5.41, 5.74) is 1.78. The van der Waals surface area contributed by atoms with Gasteiger partial charge in [-0.05, 0) is 37.6 Å². The van der Waals surface area contributed by atoms with Crippen molar-refractivity contribution in [3.8, 4) is 11.6 Å². The van der Waals surface area contributed by atoms with Crippen LogP contribution in [0.4, 0.5) is 0 Å². The van der Waals surface area contributed by atoms with Crippen molar-refractivity contribution in [2.75, 3.05) is 0 Å². The lowest BCUT2D eigenvalue weighted by molar-refractivity contribution is -0.122. The molecule has 0 bridgehead atoms. The Morgan fingerprint density at radius 2 is 2.14 bits per heavy atom. The van der Waals surface area contributed by atoms with Gasteiger partial charge in [0.2, 0.25) is 5.91 Å². The van der Waals surface area contributed by atoms with Gasteiger partial charge in [0.05, 0.1) is 17.3 Å². The molecule has 1 N–H and O–H groups in total. The number of rotatable bonds is 5. The first-order chi connectivity index (χ1) is 10.7. The van der Waals surface area contributed by atoms with Gasteiger partial charge in [0.15, 0.2) is 11.6 Å². The predicted molar refractivity (Wildman–Crippen MR) is 85.3 cm³/mol. The fourth-order valence-electron chi connectivity index (χ4n) is 2.40. The highest BCUT2D eigenvalue weighted by atomic mass is 16.3. The molecule has 0 fully saturated rings. The van der Waals surface area contributed by atoms with Gasteiger partial charge in [0.25, 0.3) is 0 Å². The van der Waals surface area contributed by atoms with Gasteiger partial charge < -0.3 is 14.3 Å². The van der Waals surface area contributed by atoms with Crippen LogP contribution in [-0.2, 0) is 11.3 Å². The molecule has 1 unspecified atom stereocenters. The molecule has 0 aliphatic rings. The normalized spacial score (nSPS) is 12.5. The van der Waals surface area contributed by atoms with E-state index >= 15 is 0 Å². The lowest BCUT2D eigenvalue weighted by Gasteiger charge is -2.13. The highest BCUT2D eigenvalue weighted by Crippen LogP contribution is 2.24. The summed E-state index contributed by atoms with van der Waals surface area (Å²) in [5, 5.41) is 2.99. The van der Waals surface area contributed by atoms with Crippen LogP contribution in [0, 0.1) is 0 Å². The van der Waals surface area contributed by atoms with Gasteiger partial charge in [-0.3, -0.25) is 4.79 Å². The van der Waals surface area contributed by atoms with Crippen LogP contribution in [0.5, 0.6) is 0 Å². The molecule has 2 heterocycles. The minimum atomic E-state index is -0.0229. The first-order valence-corrected chi connectivity index (χ1v) is 7.47. The number of aromatic nitrogens is 2. The van der Waals surface area contributed by atoms with E-state index in [1.165, 1.54) is 0 Å². The minimum Gasteiger partial charge on any atom is -0.461 e. The summed E-state index contributed by atoms with van der Waals surface area (Å²) in [6.07, 6.45) is 2.51. The van der Waals surface area contributed by atoms with Crippen LogP contribution in [0.15, 0.2) is 47.1 Å². The number of nitrogens with one attached hydrogen (secondary N) is 1. The molecule has 114 valence electrons. The number of amides is 1. The van der Waals surface area contributed by atoms with Gasteiger partial charge >= 0.3 is 0 Å². The van der Waals surface area contributed by atoms with E-state index in [9.17, 15) is 4.79 Å². The molecule has 0 saturated heterocycles. The van der Waals surface area contributed by atoms with Gasteiger partial charge in [0.1, 0.15) is 6.54 Å². The second-order valence-electron chi connectivity index (χ2n) is 5.36. The molecule has 22 heavy (non-hydrogen) atoms. The molecule has 3 rings (SSSR count). The zero-order chi connectivity index (χ0) is 15.5. The Bertz CT molecular complexity index is 774. The van der Waals surface area contributed by atoms with Crippen molar-refractivity contribution >= 4 is 16.9 Å². The summed E-state index contributed by atoms with van der Waals surface area (Å²) in [7, 11) is 0. The monoisotopic (exact) mass is 297 g/mol. The van der Waals surface area contributed by atoms with Crippen molar-refractivity contribution in [1.29, 1.82) is 0 Å². The van der Waals surface area contributed by atoms with Gasteiger partial charge in [0, 0.05) is 6.04 Å². The van der Waals surface area contributed by atoms with Crippen LogP contribution in [0.3, 0.4) is 0 Å². The number of fused-ring (bicyclic) bond motifs is 1. The van der Waals surface area contributed by atoms with Crippen molar-refractivity contribution < 1.29 is 9.21 Å². The standard InChI is InChI=1S/C17H19N3O2/c1-3-12(2)18-16(21)11-20-14-8-5-4-7-13(14)19-17(20)15-9-6-10-22-15/h4-10,12H,3,11H2,1-2H3,(H,18,21). The highest BCUT2D eigenvalue weighted by molar-refractivity contribution is 5.84. The molecule has 1 amide bonds. The number of hydrogen-bond acceptors (Lipinski definition) is 3. The van der Waals surface area contributed by atoms with E-state index in [4.69, 9.17) is 4.42 Å². The molecule has 0 radical (unpaired) electrons. The SMILES string of the molecule is CCC(C)NC(=O)Cn1c(-c2ccco2)nc2ccccc21. The first kappa shape index (κ1) is 14.4. The largest absolute Gasteiger partial charge is 0.461 e. The average Bonchev–Trinajstić information content (AvgIpc) is 3.15. The Labute approximate surface area is 129 Å². The van der Waals surface area contributed by atoms with Crippen molar-refractivity contribution in [1.82, 2.24) is 14.9 Å². The van der Waals surface area contributed by atoms with E-state index in [-0.39, 0.29) is 18.5 Å². The maximum Gasteiger partial charge on any atom is 0.240 e.